The van der Waals surface area contributed by atoms with Crippen LogP contribution in [0, 0.1) is 0 Å². The minimum Gasteiger partial charge on any atom is -0.485 e. The smallest absolute Gasteiger partial charge is 0.224 e. The van der Waals surface area contributed by atoms with Crippen LogP contribution < -0.4 is 10.5 Å². The molecule has 4 heteroatoms. The number of primary amides is 1. The first-order chi connectivity index (χ1) is 9.94. The third-order valence-electron chi connectivity index (χ3n) is 4.48. The van der Waals surface area contributed by atoms with Gasteiger partial charge in [-0.2, -0.15) is 0 Å². The number of amides is 1. The molecule has 2 aliphatic heterocycles. The molecule has 2 heterocycles. The Morgan fingerprint density at radius 2 is 2.19 bits per heavy atom. The summed E-state index contributed by atoms with van der Waals surface area (Å²) < 4.78 is 11.8. The number of ether oxygens (including phenoxy) is 2. The zero-order valence-corrected chi connectivity index (χ0v) is 12.9. The van der Waals surface area contributed by atoms with E-state index in [4.69, 9.17) is 15.2 Å². The first-order valence-electron chi connectivity index (χ1n) is 7.71. The highest BCUT2D eigenvalue weighted by molar-refractivity contribution is 5.82. The summed E-state index contributed by atoms with van der Waals surface area (Å²) in [4.78, 5) is 11.7. The second kappa shape index (κ2) is 5.02. The molecule has 3 rings (SSSR count). The second-order valence-corrected chi connectivity index (χ2v) is 6.58. The van der Waals surface area contributed by atoms with E-state index >= 15 is 0 Å². The molecular weight excluding hydrogens is 266 g/mol. The third kappa shape index (κ3) is 2.53. The Morgan fingerprint density at radius 3 is 2.86 bits per heavy atom. The number of epoxide rings is 1. The van der Waals surface area contributed by atoms with Crippen molar-refractivity contribution >= 4 is 5.91 Å². The molecule has 2 aliphatic rings. The van der Waals surface area contributed by atoms with Gasteiger partial charge in [-0.05, 0) is 38.0 Å². The summed E-state index contributed by atoms with van der Waals surface area (Å²) in [5.41, 5.74) is 7.32. The van der Waals surface area contributed by atoms with Crippen LogP contribution in [-0.2, 0) is 9.53 Å². The van der Waals surface area contributed by atoms with E-state index in [9.17, 15) is 4.79 Å². The first-order valence-corrected chi connectivity index (χ1v) is 7.71. The van der Waals surface area contributed by atoms with Gasteiger partial charge in [0, 0.05) is 5.56 Å². The number of hydrogen-bond donors (Lipinski definition) is 1. The molecule has 0 bridgehead atoms. The SMILES string of the molecule is CCCCC(C(N)=O)c1ccc2c(c1)C1OC1C(C)(C)O2. The zero-order chi connectivity index (χ0) is 15.2. The Labute approximate surface area is 125 Å². The topological polar surface area (TPSA) is 64.9 Å². The van der Waals surface area contributed by atoms with Crippen molar-refractivity contribution in [2.45, 2.75) is 63.8 Å². The van der Waals surface area contributed by atoms with Crippen molar-refractivity contribution in [2.75, 3.05) is 0 Å². The molecule has 0 aliphatic carbocycles. The van der Waals surface area contributed by atoms with Gasteiger partial charge >= 0.3 is 0 Å². The van der Waals surface area contributed by atoms with E-state index in [0.29, 0.717) is 0 Å². The van der Waals surface area contributed by atoms with E-state index in [1.165, 1.54) is 0 Å². The van der Waals surface area contributed by atoms with Crippen LogP contribution in [0.1, 0.15) is 63.2 Å². The van der Waals surface area contributed by atoms with E-state index in [1.807, 2.05) is 32.0 Å². The zero-order valence-electron chi connectivity index (χ0n) is 12.9. The van der Waals surface area contributed by atoms with Crippen LogP contribution in [-0.4, -0.2) is 17.6 Å². The average Bonchev–Trinajstić information content (AvgIpc) is 3.20. The summed E-state index contributed by atoms with van der Waals surface area (Å²) in [5.74, 6) is 0.386. The quantitative estimate of drug-likeness (QED) is 0.847. The van der Waals surface area contributed by atoms with Crippen molar-refractivity contribution in [3.63, 3.8) is 0 Å². The second-order valence-electron chi connectivity index (χ2n) is 6.58. The molecule has 1 amide bonds. The molecule has 3 unspecified atom stereocenters. The maximum atomic E-state index is 11.7. The molecular formula is C17H23NO3. The maximum Gasteiger partial charge on any atom is 0.224 e. The maximum absolute atomic E-state index is 11.7. The van der Waals surface area contributed by atoms with Crippen LogP contribution in [0.3, 0.4) is 0 Å². The van der Waals surface area contributed by atoms with E-state index in [-0.39, 0.29) is 29.6 Å². The van der Waals surface area contributed by atoms with Gasteiger partial charge in [0.25, 0.3) is 0 Å². The molecule has 1 fully saturated rings. The standard InChI is InChI=1S/C17H23NO3/c1-4-5-6-11(16(18)19)10-7-8-13-12(9-10)14-15(20-14)17(2,3)21-13/h7-9,11,14-15H,4-6H2,1-3H3,(H2,18,19). The lowest BCUT2D eigenvalue weighted by molar-refractivity contribution is -0.119. The van der Waals surface area contributed by atoms with Gasteiger partial charge in [-0.3, -0.25) is 4.79 Å². The molecule has 0 spiro atoms. The number of carbonyl (C=O) groups excluding carboxylic acids is 1. The first kappa shape index (κ1) is 14.4. The normalized spacial score (nSPS) is 26.2. The van der Waals surface area contributed by atoms with Gasteiger partial charge in [0.05, 0.1) is 5.92 Å². The fraction of sp³-hybridized carbons (Fsp3) is 0.588. The Hall–Kier alpha value is -1.55. The molecule has 1 saturated heterocycles. The van der Waals surface area contributed by atoms with E-state index in [0.717, 1.165) is 36.1 Å². The van der Waals surface area contributed by atoms with Crippen LogP contribution in [0.4, 0.5) is 0 Å². The molecule has 0 saturated carbocycles. The lowest BCUT2D eigenvalue weighted by Crippen LogP contribution is -2.37. The number of rotatable bonds is 5. The lowest BCUT2D eigenvalue weighted by atomic mass is 9.88. The fourth-order valence-corrected chi connectivity index (χ4v) is 3.20. The summed E-state index contributed by atoms with van der Waals surface area (Å²) in [7, 11) is 0. The lowest BCUT2D eigenvalue weighted by Gasteiger charge is -2.30. The minimum atomic E-state index is -0.287. The van der Waals surface area contributed by atoms with E-state index in [1.54, 1.807) is 0 Å². The van der Waals surface area contributed by atoms with Crippen molar-refractivity contribution in [3.05, 3.63) is 29.3 Å². The molecule has 1 aromatic carbocycles. The summed E-state index contributed by atoms with van der Waals surface area (Å²) in [6.07, 6.45) is 3.06. The van der Waals surface area contributed by atoms with Crippen molar-refractivity contribution in [1.29, 1.82) is 0 Å². The monoisotopic (exact) mass is 289 g/mol. The molecule has 3 atom stereocenters. The van der Waals surface area contributed by atoms with Crippen molar-refractivity contribution in [2.24, 2.45) is 5.73 Å². The Kier molecular flexibility index (Phi) is 3.44. The molecule has 21 heavy (non-hydrogen) atoms. The van der Waals surface area contributed by atoms with Crippen molar-refractivity contribution in [1.82, 2.24) is 0 Å². The van der Waals surface area contributed by atoms with Gasteiger partial charge < -0.3 is 15.2 Å². The summed E-state index contributed by atoms with van der Waals surface area (Å²) >= 11 is 0. The predicted octanol–water partition coefficient (Wildman–Crippen LogP) is 3.06. The van der Waals surface area contributed by atoms with Gasteiger partial charge in [-0.15, -0.1) is 0 Å². The van der Waals surface area contributed by atoms with E-state index < -0.39 is 0 Å². The van der Waals surface area contributed by atoms with Crippen LogP contribution in [0.5, 0.6) is 5.75 Å². The van der Waals surface area contributed by atoms with Crippen LogP contribution in [0.25, 0.3) is 0 Å². The molecule has 1 aromatic rings. The number of unbranched alkanes of at least 4 members (excludes halogenated alkanes) is 1. The largest absolute Gasteiger partial charge is 0.485 e. The van der Waals surface area contributed by atoms with Crippen LogP contribution in [0.15, 0.2) is 18.2 Å². The number of carbonyl (C=O) groups is 1. The number of hydrogen-bond acceptors (Lipinski definition) is 3. The number of fused-ring (bicyclic) bond motifs is 3. The molecule has 2 N–H and O–H groups in total. The molecule has 0 aromatic heterocycles. The van der Waals surface area contributed by atoms with Gasteiger partial charge in [0.1, 0.15) is 23.6 Å². The highest BCUT2D eigenvalue weighted by atomic mass is 16.6. The molecule has 4 nitrogen and oxygen atoms in total. The highest BCUT2D eigenvalue weighted by Gasteiger charge is 2.56. The fourth-order valence-electron chi connectivity index (χ4n) is 3.20. The predicted molar refractivity (Wildman–Crippen MR) is 80.2 cm³/mol. The summed E-state index contributed by atoms with van der Waals surface area (Å²) in [5, 5.41) is 0. The Balaban J connectivity index is 1.89. The molecule has 0 radical (unpaired) electrons. The minimum absolute atomic E-state index is 0.100. The van der Waals surface area contributed by atoms with Gasteiger partial charge in [0.15, 0.2) is 0 Å². The Morgan fingerprint density at radius 1 is 1.43 bits per heavy atom. The Bertz CT molecular complexity index is 567. The molecule has 114 valence electrons. The highest BCUT2D eigenvalue weighted by Crippen LogP contribution is 2.54. The van der Waals surface area contributed by atoms with Gasteiger partial charge in [0.2, 0.25) is 5.91 Å². The average molecular weight is 289 g/mol. The van der Waals surface area contributed by atoms with Crippen molar-refractivity contribution in [3.8, 4) is 5.75 Å². The van der Waals surface area contributed by atoms with Crippen LogP contribution >= 0.6 is 0 Å². The number of nitrogens with two attached hydrogens (primary N) is 1. The van der Waals surface area contributed by atoms with Gasteiger partial charge in [-0.1, -0.05) is 25.8 Å². The van der Waals surface area contributed by atoms with Crippen molar-refractivity contribution < 1.29 is 14.3 Å². The summed E-state index contributed by atoms with van der Waals surface area (Å²) in [6.45, 7) is 6.20. The van der Waals surface area contributed by atoms with Crippen LogP contribution in [0.2, 0.25) is 0 Å². The summed E-state index contributed by atoms with van der Waals surface area (Å²) in [6, 6.07) is 5.95. The van der Waals surface area contributed by atoms with E-state index in [2.05, 4.69) is 6.92 Å². The number of benzene rings is 1. The van der Waals surface area contributed by atoms with Gasteiger partial charge in [-0.25, -0.2) is 0 Å². The third-order valence-corrected chi connectivity index (χ3v) is 4.48.